The molecule has 0 saturated carbocycles. The maximum Gasteiger partial charge on any atom is 0.257 e. The van der Waals surface area contributed by atoms with Gasteiger partial charge in [0.1, 0.15) is 5.75 Å². The number of benzene rings is 2. The highest BCUT2D eigenvalue weighted by atomic mass is 35.5. The van der Waals surface area contributed by atoms with Crippen molar-refractivity contribution in [1.82, 2.24) is 4.90 Å². The van der Waals surface area contributed by atoms with Crippen molar-refractivity contribution in [2.75, 3.05) is 18.4 Å². The molecule has 2 aromatic rings. The first-order valence-corrected chi connectivity index (χ1v) is 10.8. The van der Waals surface area contributed by atoms with Crippen molar-refractivity contribution in [3.63, 3.8) is 0 Å². The van der Waals surface area contributed by atoms with Crippen LogP contribution in [0.15, 0.2) is 47.4 Å². The molecule has 0 atom stereocenters. The molecule has 3 rings (SSSR count). The van der Waals surface area contributed by atoms with Gasteiger partial charge >= 0.3 is 0 Å². The first kappa shape index (κ1) is 21.1. The zero-order chi connectivity index (χ0) is 21.2. The molecule has 0 spiro atoms. The highest BCUT2D eigenvalue weighted by molar-refractivity contribution is 7.89. The number of carbonyl (C=O) groups is 2. The van der Waals surface area contributed by atoms with E-state index in [0.29, 0.717) is 36.6 Å². The number of likely N-dealkylation sites (tertiary alicyclic amines) is 1. The summed E-state index contributed by atoms with van der Waals surface area (Å²) in [5.74, 6) is -0.958. The van der Waals surface area contributed by atoms with Gasteiger partial charge in [-0.05, 0) is 55.3 Å². The first-order chi connectivity index (χ1) is 13.6. The molecule has 1 heterocycles. The maximum absolute atomic E-state index is 12.6. The predicted molar refractivity (Wildman–Crippen MR) is 108 cm³/mol. The summed E-state index contributed by atoms with van der Waals surface area (Å²) in [6.07, 6.45) is 0.933. The second-order valence-corrected chi connectivity index (χ2v) is 8.78. The number of nitrogens with two attached hydrogens (primary N) is 1. The van der Waals surface area contributed by atoms with Crippen molar-refractivity contribution in [1.29, 1.82) is 0 Å². The zero-order valence-corrected chi connectivity index (χ0v) is 16.9. The Labute approximate surface area is 173 Å². The second-order valence-electron chi connectivity index (χ2n) is 6.79. The number of carbonyl (C=O) groups excluding carboxylic acids is 2. The summed E-state index contributed by atoms with van der Waals surface area (Å²) in [4.78, 5) is 26.6. The number of halogens is 1. The van der Waals surface area contributed by atoms with Crippen molar-refractivity contribution in [2.45, 2.75) is 17.7 Å². The topological polar surface area (TPSA) is 130 Å². The van der Waals surface area contributed by atoms with Gasteiger partial charge in [-0.15, -0.1) is 0 Å². The minimum atomic E-state index is -3.79. The zero-order valence-electron chi connectivity index (χ0n) is 15.3. The Bertz CT molecular complexity index is 1030. The van der Waals surface area contributed by atoms with Crippen LogP contribution in [-0.4, -0.2) is 43.3 Å². The van der Waals surface area contributed by atoms with Crippen LogP contribution in [-0.2, 0) is 14.8 Å². The Balaban J connectivity index is 1.58. The summed E-state index contributed by atoms with van der Waals surface area (Å²) >= 11 is 5.90. The molecule has 0 unspecified atom stereocenters. The fourth-order valence-corrected chi connectivity index (χ4v) is 3.85. The predicted octanol–water partition coefficient (Wildman–Crippen LogP) is 2.18. The Kier molecular flexibility index (Phi) is 6.11. The second kappa shape index (κ2) is 8.40. The number of nitrogens with zero attached hydrogens (tertiary/aromatic N) is 1. The van der Waals surface area contributed by atoms with Crippen LogP contribution in [0.3, 0.4) is 0 Å². The van der Waals surface area contributed by atoms with E-state index < -0.39 is 10.0 Å². The molecule has 1 fully saturated rings. The molecular weight excluding hydrogens is 418 g/mol. The number of phenolic OH excluding ortho intramolecular Hbond substituents is 1. The highest BCUT2D eigenvalue weighted by Crippen LogP contribution is 2.26. The molecule has 1 aliphatic heterocycles. The smallest absolute Gasteiger partial charge is 0.257 e. The molecule has 4 N–H and O–H groups in total. The third kappa shape index (κ3) is 5.06. The fraction of sp³-hybridized carbons (Fsp3) is 0.263. The lowest BCUT2D eigenvalue weighted by molar-refractivity contribution is -0.121. The molecule has 154 valence electrons. The van der Waals surface area contributed by atoms with E-state index in [9.17, 15) is 23.1 Å². The maximum atomic E-state index is 12.6. The van der Waals surface area contributed by atoms with E-state index in [1.165, 1.54) is 42.5 Å². The van der Waals surface area contributed by atoms with E-state index in [0.717, 1.165) is 0 Å². The van der Waals surface area contributed by atoms with Crippen LogP contribution in [0, 0.1) is 5.92 Å². The molecule has 0 radical (unpaired) electrons. The number of aromatic hydroxyl groups is 1. The van der Waals surface area contributed by atoms with Crippen molar-refractivity contribution in [3.8, 4) is 5.75 Å². The van der Waals surface area contributed by atoms with E-state index >= 15 is 0 Å². The summed E-state index contributed by atoms with van der Waals surface area (Å²) in [5, 5.41) is 18.0. The van der Waals surface area contributed by atoms with Gasteiger partial charge in [-0.1, -0.05) is 11.6 Å². The van der Waals surface area contributed by atoms with Crippen molar-refractivity contribution < 1.29 is 23.1 Å². The number of amides is 2. The molecule has 0 aromatic heterocycles. The minimum absolute atomic E-state index is 0.0356. The number of sulfonamides is 1. The Morgan fingerprint density at radius 2 is 1.72 bits per heavy atom. The van der Waals surface area contributed by atoms with Gasteiger partial charge in [-0.2, -0.15) is 0 Å². The largest absolute Gasteiger partial charge is 0.507 e. The molecule has 1 aliphatic rings. The average Bonchev–Trinajstić information content (AvgIpc) is 2.69. The van der Waals surface area contributed by atoms with Gasteiger partial charge in [-0.3, -0.25) is 9.59 Å². The van der Waals surface area contributed by atoms with Crippen LogP contribution in [0.1, 0.15) is 23.2 Å². The number of phenols is 1. The van der Waals surface area contributed by atoms with E-state index in [2.05, 4.69) is 5.32 Å². The van der Waals surface area contributed by atoms with Crippen molar-refractivity contribution in [2.24, 2.45) is 11.1 Å². The molecule has 1 saturated heterocycles. The van der Waals surface area contributed by atoms with Gasteiger partial charge in [0.15, 0.2) is 0 Å². The highest BCUT2D eigenvalue weighted by Gasteiger charge is 2.29. The molecule has 8 nitrogen and oxygen atoms in total. The molecular formula is C19H20ClN3O5S. The third-order valence-corrected chi connectivity index (χ3v) is 5.96. The van der Waals surface area contributed by atoms with E-state index in [1.807, 2.05) is 0 Å². The monoisotopic (exact) mass is 437 g/mol. The molecule has 2 amide bonds. The number of hydrogen-bond acceptors (Lipinski definition) is 5. The Hall–Kier alpha value is -2.62. The summed E-state index contributed by atoms with van der Waals surface area (Å²) in [5.41, 5.74) is 0.597. The Morgan fingerprint density at radius 3 is 2.31 bits per heavy atom. The summed E-state index contributed by atoms with van der Waals surface area (Å²) in [6.45, 7) is 0.737. The van der Waals surface area contributed by atoms with E-state index in [4.69, 9.17) is 16.7 Å². The fourth-order valence-electron chi connectivity index (χ4n) is 3.17. The van der Waals surface area contributed by atoms with Crippen LogP contribution >= 0.6 is 11.6 Å². The lowest BCUT2D eigenvalue weighted by Crippen LogP contribution is -2.41. The van der Waals surface area contributed by atoms with Gasteiger partial charge < -0.3 is 15.3 Å². The Morgan fingerprint density at radius 1 is 1.10 bits per heavy atom. The molecule has 10 heteroatoms. The van der Waals surface area contributed by atoms with Gasteiger partial charge in [0, 0.05) is 29.7 Å². The van der Waals surface area contributed by atoms with Crippen LogP contribution in [0.4, 0.5) is 5.69 Å². The lowest BCUT2D eigenvalue weighted by Gasteiger charge is -2.31. The quantitative estimate of drug-likeness (QED) is 0.674. The van der Waals surface area contributed by atoms with Crippen molar-refractivity contribution >= 4 is 39.1 Å². The average molecular weight is 438 g/mol. The number of rotatable bonds is 4. The lowest BCUT2D eigenvalue weighted by atomic mass is 9.95. The van der Waals surface area contributed by atoms with Crippen LogP contribution < -0.4 is 10.5 Å². The normalized spacial score (nSPS) is 15.2. The van der Waals surface area contributed by atoms with Gasteiger partial charge in [0.25, 0.3) is 5.91 Å². The molecule has 0 bridgehead atoms. The van der Waals surface area contributed by atoms with Crippen LogP contribution in [0.25, 0.3) is 0 Å². The van der Waals surface area contributed by atoms with Gasteiger partial charge in [0.05, 0.1) is 10.5 Å². The molecule has 0 aliphatic carbocycles. The standard InChI is InChI=1S/C19H20ClN3O5S/c20-13-1-6-17(24)16(11-13)19(26)23-9-7-12(8-10-23)18(25)22-14-2-4-15(5-3-14)29(21,27)28/h1-6,11-12,24H,7-10H2,(H,22,25)(H2,21,27,28). The minimum Gasteiger partial charge on any atom is -0.507 e. The number of nitrogens with one attached hydrogen (secondary N) is 1. The van der Waals surface area contributed by atoms with Crippen LogP contribution in [0.5, 0.6) is 5.75 Å². The number of piperidine rings is 1. The van der Waals surface area contributed by atoms with E-state index in [-0.39, 0.29) is 33.9 Å². The number of anilines is 1. The van der Waals surface area contributed by atoms with Gasteiger partial charge in [-0.25, -0.2) is 13.6 Å². The summed E-state index contributed by atoms with van der Waals surface area (Å²) in [7, 11) is -3.79. The summed E-state index contributed by atoms with van der Waals surface area (Å²) < 4.78 is 22.6. The third-order valence-electron chi connectivity index (χ3n) is 4.79. The first-order valence-electron chi connectivity index (χ1n) is 8.86. The SMILES string of the molecule is NS(=O)(=O)c1ccc(NC(=O)C2CCN(C(=O)c3cc(Cl)ccc3O)CC2)cc1. The van der Waals surface area contributed by atoms with Gasteiger partial charge in [0.2, 0.25) is 15.9 Å². The van der Waals surface area contributed by atoms with Crippen molar-refractivity contribution in [3.05, 3.63) is 53.1 Å². The number of hydrogen-bond donors (Lipinski definition) is 3. The molecule has 2 aromatic carbocycles. The molecule has 29 heavy (non-hydrogen) atoms. The van der Waals surface area contributed by atoms with Crippen LogP contribution in [0.2, 0.25) is 5.02 Å². The van der Waals surface area contributed by atoms with E-state index in [1.54, 1.807) is 4.90 Å². The number of primary sulfonamides is 1. The summed E-state index contributed by atoms with van der Waals surface area (Å²) in [6, 6.07) is 9.88.